The third-order valence-corrected chi connectivity index (χ3v) is 6.72. The molecule has 3 aliphatic rings. The molecule has 0 aromatic heterocycles. The maximum Gasteiger partial charge on any atom is 0.417 e. The van der Waals surface area contributed by atoms with Crippen LogP contribution in [0.5, 0.6) is 5.75 Å². The summed E-state index contributed by atoms with van der Waals surface area (Å²) in [6, 6.07) is 6.79. The maximum atomic E-state index is 14.3. The van der Waals surface area contributed by atoms with Gasteiger partial charge in [-0.2, -0.15) is 13.2 Å². The molecule has 0 radical (unpaired) electrons. The van der Waals surface area contributed by atoms with Crippen LogP contribution in [-0.4, -0.2) is 35.5 Å². The second kappa shape index (κ2) is 10.6. The zero-order valence-corrected chi connectivity index (χ0v) is 20.9. The number of benzene rings is 2. The van der Waals surface area contributed by atoms with E-state index in [1.807, 2.05) is 6.08 Å². The van der Waals surface area contributed by atoms with Gasteiger partial charge in [-0.1, -0.05) is 23.8 Å². The van der Waals surface area contributed by atoms with Gasteiger partial charge in [0.15, 0.2) is 17.5 Å². The van der Waals surface area contributed by atoms with Crippen LogP contribution in [0.25, 0.3) is 5.57 Å². The molecule has 10 heteroatoms. The van der Waals surface area contributed by atoms with E-state index in [1.54, 1.807) is 13.0 Å². The highest BCUT2D eigenvalue weighted by Gasteiger charge is 2.35. The summed E-state index contributed by atoms with van der Waals surface area (Å²) >= 11 is 0. The SMILES string of the molecule is CC1=C(c2ccc(O)cc2C(F)(F)F)C=C(CC2CCC=C3N=C(c4cccc(F)c4F)N=C3C=N2)OCC1. The van der Waals surface area contributed by atoms with Gasteiger partial charge in [-0.3, -0.25) is 4.99 Å². The average molecular weight is 542 g/mol. The second-order valence-electron chi connectivity index (χ2n) is 9.47. The zero-order chi connectivity index (χ0) is 27.7. The first-order valence-corrected chi connectivity index (χ1v) is 12.4. The van der Waals surface area contributed by atoms with Crippen molar-refractivity contribution in [2.75, 3.05) is 6.61 Å². The van der Waals surface area contributed by atoms with Crippen molar-refractivity contribution in [3.05, 3.63) is 93.9 Å². The topological polar surface area (TPSA) is 66.5 Å². The monoisotopic (exact) mass is 541 g/mol. The molecule has 1 atom stereocenters. The molecule has 0 spiro atoms. The Labute approximate surface area is 221 Å². The standard InChI is InChI=1S/C29H24F5N3O2/c1-16-10-11-39-19(14-22(16)20-9-8-18(38)13-23(20)29(32,33)34)12-17-4-2-7-25-26(15-35-17)37-28(36-25)21-5-3-6-24(30)27(21)31/h3,5-9,13-15,17,38H,2,4,10-12H2,1H3. The number of halogens is 5. The number of fused-ring (bicyclic) bond motifs is 1. The number of hydrogen-bond acceptors (Lipinski definition) is 5. The zero-order valence-electron chi connectivity index (χ0n) is 20.9. The first kappa shape index (κ1) is 26.5. The Morgan fingerprint density at radius 2 is 1.90 bits per heavy atom. The first-order chi connectivity index (χ1) is 18.6. The number of allylic oxidation sites excluding steroid dienone is 4. The summed E-state index contributed by atoms with van der Waals surface area (Å²) in [5.74, 6) is -1.91. The largest absolute Gasteiger partial charge is 0.508 e. The van der Waals surface area contributed by atoms with E-state index in [2.05, 4.69) is 15.0 Å². The number of ether oxygens (including phenoxy) is 1. The Kier molecular flexibility index (Phi) is 7.20. The summed E-state index contributed by atoms with van der Waals surface area (Å²) in [4.78, 5) is 13.3. The number of alkyl halides is 3. The highest BCUT2D eigenvalue weighted by atomic mass is 19.4. The fourth-order valence-corrected chi connectivity index (χ4v) is 4.68. The molecule has 3 heterocycles. The van der Waals surface area contributed by atoms with Crippen molar-refractivity contribution < 1.29 is 31.8 Å². The first-order valence-electron chi connectivity index (χ1n) is 12.4. The van der Waals surface area contributed by atoms with E-state index in [4.69, 9.17) is 4.74 Å². The van der Waals surface area contributed by atoms with Gasteiger partial charge in [0.25, 0.3) is 0 Å². The molecule has 2 aromatic rings. The average Bonchev–Trinajstić information content (AvgIpc) is 3.17. The normalized spacial score (nSPS) is 19.7. The van der Waals surface area contributed by atoms with Gasteiger partial charge in [-0.05, 0) is 61.2 Å². The van der Waals surface area contributed by atoms with Gasteiger partial charge in [0.05, 0.1) is 35.2 Å². The molecule has 5 nitrogen and oxygen atoms in total. The van der Waals surface area contributed by atoms with Gasteiger partial charge in [0.1, 0.15) is 11.5 Å². The van der Waals surface area contributed by atoms with Crippen LogP contribution in [0.1, 0.15) is 49.3 Å². The number of aromatic hydroxyl groups is 1. The number of amidine groups is 1. The highest BCUT2D eigenvalue weighted by molar-refractivity contribution is 6.43. The van der Waals surface area contributed by atoms with Crippen molar-refractivity contribution in [1.29, 1.82) is 0 Å². The van der Waals surface area contributed by atoms with Gasteiger partial charge in [-0.25, -0.2) is 18.8 Å². The summed E-state index contributed by atoms with van der Waals surface area (Å²) in [6.45, 7) is 2.08. The van der Waals surface area contributed by atoms with Crippen LogP contribution in [0.2, 0.25) is 0 Å². The quantitative estimate of drug-likeness (QED) is 0.417. The van der Waals surface area contributed by atoms with Crippen LogP contribution in [0.3, 0.4) is 0 Å². The van der Waals surface area contributed by atoms with Crippen molar-refractivity contribution in [1.82, 2.24) is 0 Å². The Hall–Kier alpha value is -4.08. The summed E-state index contributed by atoms with van der Waals surface area (Å²) in [5.41, 5.74) is 1.11. The molecule has 202 valence electrons. The predicted molar refractivity (Wildman–Crippen MR) is 139 cm³/mol. The number of phenols is 1. The number of hydrogen-bond donors (Lipinski definition) is 1. The number of aliphatic imine (C=N–C) groups is 3. The van der Waals surface area contributed by atoms with Gasteiger partial charge >= 0.3 is 6.18 Å². The van der Waals surface area contributed by atoms with E-state index >= 15 is 0 Å². The minimum absolute atomic E-state index is 0.0240. The fraction of sp³-hybridized carbons (Fsp3) is 0.276. The third kappa shape index (κ3) is 5.69. The molecule has 0 saturated heterocycles. The number of phenolic OH excluding ortho intramolecular Hbond substituents is 1. The predicted octanol–water partition coefficient (Wildman–Crippen LogP) is 7.18. The third-order valence-electron chi connectivity index (χ3n) is 6.72. The molecule has 5 rings (SSSR count). The van der Waals surface area contributed by atoms with Gasteiger partial charge in [-0.15, -0.1) is 0 Å². The molecule has 3 aliphatic heterocycles. The molecule has 2 aromatic carbocycles. The molecule has 0 aliphatic carbocycles. The lowest BCUT2D eigenvalue weighted by Crippen LogP contribution is -2.13. The van der Waals surface area contributed by atoms with Crippen molar-refractivity contribution >= 4 is 23.3 Å². The molecule has 39 heavy (non-hydrogen) atoms. The molecular formula is C29H24F5N3O2. The second-order valence-corrected chi connectivity index (χ2v) is 9.47. The Morgan fingerprint density at radius 3 is 2.69 bits per heavy atom. The molecular weight excluding hydrogens is 517 g/mol. The van der Waals surface area contributed by atoms with E-state index in [-0.39, 0.29) is 23.0 Å². The Bertz CT molecular complexity index is 1500. The summed E-state index contributed by atoms with van der Waals surface area (Å²) < 4.78 is 75.2. The highest BCUT2D eigenvalue weighted by Crippen LogP contribution is 2.40. The van der Waals surface area contributed by atoms with Crippen molar-refractivity contribution in [2.24, 2.45) is 15.0 Å². The van der Waals surface area contributed by atoms with E-state index in [0.29, 0.717) is 55.0 Å². The van der Waals surface area contributed by atoms with E-state index in [9.17, 15) is 27.1 Å². The maximum absolute atomic E-state index is 14.3. The van der Waals surface area contributed by atoms with Crippen molar-refractivity contribution in [3.63, 3.8) is 0 Å². The van der Waals surface area contributed by atoms with Crippen molar-refractivity contribution in [2.45, 2.75) is 44.8 Å². The minimum atomic E-state index is -4.65. The molecule has 1 N–H and O–H groups in total. The summed E-state index contributed by atoms with van der Waals surface area (Å²) in [7, 11) is 0. The lowest BCUT2D eigenvalue weighted by molar-refractivity contribution is -0.137. The van der Waals surface area contributed by atoms with Crippen LogP contribution < -0.4 is 0 Å². The van der Waals surface area contributed by atoms with E-state index < -0.39 is 29.1 Å². The minimum Gasteiger partial charge on any atom is -0.508 e. The van der Waals surface area contributed by atoms with Gasteiger partial charge in [0.2, 0.25) is 0 Å². The van der Waals surface area contributed by atoms with Crippen LogP contribution in [-0.2, 0) is 10.9 Å². The van der Waals surface area contributed by atoms with Crippen LogP contribution in [0.4, 0.5) is 22.0 Å². The lowest BCUT2D eigenvalue weighted by atomic mass is 9.93. The molecule has 0 fully saturated rings. The van der Waals surface area contributed by atoms with Crippen LogP contribution in [0, 0.1) is 11.6 Å². The van der Waals surface area contributed by atoms with Gasteiger partial charge in [0, 0.05) is 19.1 Å². The number of rotatable bonds is 4. The lowest BCUT2D eigenvalue weighted by Gasteiger charge is -2.17. The van der Waals surface area contributed by atoms with E-state index in [1.165, 1.54) is 30.5 Å². The van der Waals surface area contributed by atoms with E-state index in [0.717, 1.165) is 17.7 Å². The molecule has 1 unspecified atom stereocenters. The fourth-order valence-electron chi connectivity index (χ4n) is 4.68. The van der Waals surface area contributed by atoms with Crippen LogP contribution >= 0.6 is 0 Å². The van der Waals surface area contributed by atoms with Crippen molar-refractivity contribution in [3.8, 4) is 5.75 Å². The Morgan fingerprint density at radius 1 is 1.08 bits per heavy atom. The Balaban J connectivity index is 1.40. The van der Waals surface area contributed by atoms with Crippen LogP contribution in [0.15, 0.2) is 80.6 Å². The molecule has 0 amide bonds. The molecule has 0 bridgehead atoms. The van der Waals surface area contributed by atoms with Gasteiger partial charge < -0.3 is 9.84 Å². The number of nitrogens with zero attached hydrogens (tertiary/aromatic N) is 3. The molecule has 0 saturated carbocycles. The smallest absolute Gasteiger partial charge is 0.417 e. The summed E-state index contributed by atoms with van der Waals surface area (Å²) in [5, 5.41) is 9.68. The summed E-state index contributed by atoms with van der Waals surface area (Å²) in [6.07, 6.45) is 2.34.